The van der Waals surface area contributed by atoms with Gasteiger partial charge in [-0.25, -0.2) is 14.4 Å². The summed E-state index contributed by atoms with van der Waals surface area (Å²) in [6.07, 6.45) is 1.69. The average Bonchev–Trinajstić information content (AvgIpc) is 3.31. The maximum Gasteiger partial charge on any atom is 0.278 e. The highest BCUT2D eigenvalue weighted by molar-refractivity contribution is 6.30. The van der Waals surface area contributed by atoms with Gasteiger partial charge in [-0.05, 0) is 60.5 Å². The van der Waals surface area contributed by atoms with Crippen LogP contribution in [0.4, 0.5) is 10.3 Å². The van der Waals surface area contributed by atoms with E-state index in [1.54, 1.807) is 18.3 Å². The predicted octanol–water partition coefficient (Wildman–Crippen LogP) is 5.23. The first-order valence-electron chi connectivity index (χ1n) is 9.18. The van der Waals surface area contributed by atoms with E-state index in [1.165, 1.54) is 12.1 Å². The van der Waals surface area contributed by atoms with E-state index in [2.05, 4.69) is 20.3 Å². The number of fused-ring (bicyclic) bond motifs is 2. The molecular weight excluding hydrogens is 405 g/mol. The van der Waals surface area contributed by atoms with Gasteiger partial charge in [-0.2, -0.15) is 0 Å². The number of rotatable bonds is 3. The fraction of sp³-hybridized carbons (Fsp3) is 0.0455. The van der Waals surface area contributed by atoms with Crippen molar-refractivity contribution in [3.63, 3.8) is 0 Å². The fourth-order valence-corrected chi connectivity index (χ4v) is 3.62. The summed E-state index contributed by atoms with van der Waals surface area (Å²) >= 11 is 5.96. The first-order chi connectivity index (χ1) is 14.5. The van der Waals surface area contributed by atoms with Crippen LogP contribution in [0.5, 0.6) is 0 Å². The largest absolute Gasteiger partial charge is 0.324 e. The molecular formula is C22H15ClFN5O. The maximum atomic E-state index is 13.7. The third-order valence-electron chi connectivity index (χ3n) is 4.84. The van der Waals surface area contributed by atoms with Gasteiger partial charge in [0.15, 0.2) is 0 Å². The van der Waals surface area contributed by atoms with Gasteiger partial charge in [0.1, 0.15) is 17.2 Å². The van der Waals surface area contributed by atoms with E-state index in [1.807, 2.05) is 41.7 Å². The molecule has 8 heteroatoms. The van der Waals surface area contributed by atoms with Crippen LogP contribution < -0.4 is 5.32 Å². The highest BCUT2D eigenvalue weighted by Crippen LogP contribution is 2.27. The van der Waals surface area contributed by atoms with E-state index in [0.29, 0.717) is 38.9 Å². The van der Waals surface area contributed by atoms with E-state index < -0.39 is 5.82 Å². The molecule has 1 amide bonds. The fourth-order valence-electron chi connectivity index (χ4n) is 3.40. The monoisotopic (exact) mass is 419 g/mol. The minimum Gasteiger partial charge on any atom is -0.324 e. The van der Waals surface area contributed by atoms with Gasteiger partial charge in [0.2, 0.25) is 5.95 Å². The van der Waals surface area contributed by atoms with Crippen LogP contribution >= 0.6 is 11.6 Å². The summed E-state index contributed by atoms with van der Waals surface area (Å²) in [7, 11) is 0. The summed E-state index contributed by atoms with van der Waals surface area (Å²) in [6, 6.07) is 15.5. The molecule has 30 heavy (non-hydrogen) atoms. The minimum atomic E-state index is -0.405. The van der Waals surface area contributed by atoms with E-state index in [9.17, 15) is 9.18 Å². The SMILES string of the molecule is Cc1cccc2nc(C(=O)Nc3nc4ccc(-c5cc(F)cc(Cl)c5)cc4[nH]3)cn12. The highest BCUT2D eigenvalue weighted by atomic mass is 35.5. The van der Waals surface area contributed by atoms with Crippen molar-refractivity contribution < 1.29 is 9.18 Å². The second-order valence-electron chi connectivity index (χ2n) is 6.95. The van der Waals surface area contributed by atoms with Crippen molar-refractivity contribution in [2.24, 2.45) is 0 Å². The number of aryl methyl sites for hydroxylation is 1. The Labute approximate surface area is 175 Å². The number of halogens is 2. The number of nitrogens with zero attached hydrogens (tertiary/aromatic N) is 3. The Hall–Kier alpha value is -3.71. The van der Waals surface area contributed by atoms with Crippen LogP contribution in [-0.2, 0) is 0 Å². The van der Waals surface area contributed by atoms with Gasteiger partial charge in [0.25, 0.3) is 5.91 Å². The summed E-state index contributed by atoms with van der Waals surface area (Å²) in [5.74, 6) is -0.467. The number of imidazole rings is 2. The van der Waals surface area contributed by atoms with E-state index in [0.717, 1.165) is 11.3 Å². The van der Waals surface area contributed by atoms with Gasteiger partial charge in [-0.1, -0.05) is 23.7 Å². The van der Waals surface area contributed by atoms with Crippen molar-refractivity contribution in [1.82, 2.24) is 19.4 Å². The van der Waals surface area contributed by atoms with Gasteiger partial charge < -0.3 is 9.38 Å². The van der Waals surface area contributed by atoms with E-state index >= 15 is 0 Å². The molecule has 6 nitrogen and oxygen atoms in total. The quantitative estimate of drug-likeness (QED) is 0.420. The minimum absolute atomic E-state index is 0.292. The molecule has 0 aliphatic rings. The Morgan fingerprint density at radius 2 is 1.97 bits per heavy atom. The van der Waals surface area contributed by atoms with Gasteiger partial charge in [0.05, 0.1) is 11.0 Å². The topological polar surface area (TPSA) is 75.1 Å². The lowest BCUT2D eigenvalue weighted by Gasteiger charge is -2.03. The molecule has 3 heterocycles. The summed E-state index contributed by atoms with van der Waals surface area (Å²) in [5, 5.41) is 3.07. The van der Waals surface area contributed by atoms with Crippen molar-refractivity contribution in [3.05, 3.63) is 83.0 Å². The van der Waals surface area contributed by atoms with Gasteiger partial charge in [-0.15, -0.1) is 0 Å². The Balaban J connectivity index is 1.44. The number of hydrogen-bond donors (Lipinski definition) is 2. The van der Waals surface area contributed by atoms with Crippen molar-refractivity contribution in [2.75, 3.05) is 5.32 Å². The van der Waals surface area contributed by atoms with E-state index in [4.69, 9.17) is 11.6 Å². The molecule has 3 aromatic heterocycles. The first-order valence-corrected chi connectivity index (χ1v) is 9.56. The van der Waals surface area contributed by atoms with Gasteiger partial charge >= 0.3 is 0 Å². The second kappa shape index (κ2) is 6.96. The number of anilines is 1. The lowest BCUT2D eigenvalue weighted by Crippen LogP contribution is -2.13. The number of carbonyl (C=O) groups excluding carboxylic acids is 1. The molecule has 0 fully saturated rings. The molecule has 148 valence electrons. The lowest BCUT2D eigenvalue weighted by atomic mass is 10.1. The third-order valence-corrected chi connectivity index (χ3v) is 5.06. The molecule has 2 N–H and O–H groups in total. The van der Waals surface area contributed by atoms with E-state index in [-0.39, 0.29) is 5.91 Å². The summed E-state index contributed by atoms with van der Waals surface area (Å²) in [4.78, 5) is 24.5. The summed E-state index contributed by atoms with van der Waals surface area (Å²) < 4.78 is 15.5. The van der Waals surface area contributed by atoms with Crippen molar-refractivity contribution in [3.8, 4) is 11.1 Å². The molecule has 0 saturated heterocycles. The molecule has 0 saturated carbocycles. The summed E-state index contributed by atoms with van der Waals surface area (Å²) in [5.41, 5.74) is 4.77. The smallest absolute Gasteiger partial charge is 0.278 e. The Kier molecular flexibility index (Phi) is 4.25. The van der Waals surface area contributed by atoms with Crippen LogP contribution in [0, 0.1) is 12.7 Å². The number of aromatic amines is 1. The number of hydrogen-bond acceptors (Lipinski definition) is 3. The maximum absolute atomic E-state index is 13.7. The zero-order chi connectivity index (χ0) is 20.8. The Bertz CT molecular complexity index is 1420. The number of benzene rings is 2. The van der Waals surface area contributed by atoms with Crippen LogP contribution in [0.1, 0.15) is 16.2 Å². The number of aromatic nitrogens is 4. The number of H-pyrrole nitrogens is 1. The number of pyridine rings is 1. The zero-order valence-electron chi connectivity index (χ0n) is 15.8. The molecule has 0 aliphatic heterocycles. The van der Waals surface area contributed by atoms with Crippen molar-refractivity contribution in [1.29, 1.82) is 0 Å². The average molecular weight is 420 g/mol. The molecule has 2 aromatic carbocycles. The standard InChI is InChI=1S/C22H15ClFN5O/c1-12-3-2-4-20-25-19(11-29(12)20)21(30)28-22-26-17-6-5-13(9-18(17)27-22)14-7-15(23)10-16(24)8-14/h2-11H,1H3,(H2,26,27,28,30). The molecule has 5 rings (SSSR count). The van der Waals surface area contributed by atoms with Crippen molar-refractivity contribution in [2.45, 2.75) is 6.92 Å². The molecule has 0 bridgehead atoms. The van der Waals surface area contributed by atoms with Gasteiger partial charge in [-0.3, -0.25) is 10.1 Å². The molecule has 0 unspecified atom stereocenters. The number of nitrogens with one attached hydrogen (secondary N) is 2. The van der Waals surface area contributed by atoms with Crippen LogP contribution in [0.2, 0.25) is 5.02 Å². The lowest BCUT2D eigenvalue weighted by molar-refractivity contribution is 0.102. The first kappa shape index (κ1) is 18.3. The highest BCUT2D eigenvalue weighted by Gasteiger charge is 2.14. The molecule has 0 spiro atoms. The number of amides is 1. The predicted molar refractivity (Wildman–Crippen MR) is 114 cm³/mol. The second-order valence-corrected chi connectivity index (χ2v) is 7.39. The molecule has 0 atom stereocenters. The van der Waals surface area contributed by atoms with Crippen molar-refractivity contribution >= 4 is 40.1 Å². The van der Waals surface area contributed by atoms with Crippen LogP contribution in [0.3, 0.4) is 0 Å². The zero-order valence-corrected chi connectivity index (χ0v) is 16.5. The van der Waals surface area contributed by atoms with Crippen LogP contribution in [0.25, 0.3) is 27.8 Å². The Morgan fingerprint density at radius 1 is 1.10 bits per heavy atom. The number of carbonyl (C=O) groups is 1. The summed E-state index contributed by atoms with van der Waals surface area (Å²) in [6.45, 7) is 1.94. The molecule has 5 aromatic rings. The molecule has 0 aliphatic carbocycles. The third kappa shape index (κ3) is 3.29. The van der Waals surface area contributed by atoms with Crippen LogP contribution in [-0.4, -0.2) is 25.3 Å². The van der Waals surface area contributed by atoms with Gasteiger partial charge in [0, 0.05) is 16.9 Å². The van der Waals surface area contributed by atoms with Crippen LogP contribution in [0.15, 0.2) is 60.8 Å². The Morgan fingerprint density at radius 3 is 2.77 bits per heavy atom. The molecule has 0 radical (unpaired) electrons. The normalized spacial score (nSPS) is 11.3.